The molecule has 2 aliphatic rings. The second-order valence-corrected chi connectivity index (χ2v) is 6.72. The largest absolute Gasteiger partial charge is 0.496 e. The number of aromatic nitrogens is 3. The Morgan fingerprint density at radius 1 is 1.21 bits per heavy atom. The molecule has 0 spiro atoms. The fraction of sp³-hybridized carbons (Fsp3) is 0.471. The van der Waals surface area contributed by atoms with Gasteiger partial charge < -0.3 is 14.2 Å². The fourth-order valence-electron chi connectivity index (χ4n) is 3.65. The highest BCUT2D eigenvalue weighted by atomic mass is 19.4. The lowest BCUT2D eigenvalue weighted by molar-refractivity contribution is -0.148. The summed E-state index contributed by atoms with van der Waals surface area (Å²) in [7, 11) is 1.59. The first-order chi connectivity index (χ1) is 13.4. The number of para-hydroxylation sites is 1. The molecule has 1 amide bonds. The topological polar surface area (TPSA) is 84.3 Å². The van der Waals surface area contributed by atoms with Crippen LogP contribution < -0.4 is 15.6 Å². The normalized spacial score (nSPS) is 22.2. The number of hydrogen-bond acceptors (Lipinski definition) is 6. The van der Waals surface area contributed by atoms with Crippen molar-refractivity contribution >= 4 is 5.91 Å². The van der Waals surface area contributed by atoms with Gasteiger partial charge in [-0.25, -0.2) is 10.9 Å². The van der Waals surface area contributed by atoms with Crippen LogP contribution in [0.15, 0.2) is 24.3 Å². The van der Waals surface area contributed by atoms with Gasteiger partial charge in [0.05, 0.1) is 19.7 Å². The maximum Gasteiger partial charge on any atom is 0.451 e. The van der Waals surface area contributed by atoms with Gasteiger partial charge in [-0.05, 0) is 12.5 Å². The van der Waals surface area contributed by atoms with Gasteiger partial charge in [0.1, 0.15) is 11.8 Å². The summed E-state index contributed by atoms with van der Waals surface area (Å²) in [6, 6.07) is 6.92. The van der Waals surface area contributed by atoms with E-state index in [1.165, 1.54) is 4.90 Å². The second kappa shape index (κ2) is 7.06. The molecule has 2 N–H and O–H groups in total. The number of nitrogens with one attached hydrogen (secondary N) is 2. The summed E-state index contributed by atoms with van der Waals surface area (Å²) < 4.78 is 45.2. The van der Waals surface area contributed by atoms with Crippen molar-refractivity contribution in [2.24, 2.45) is 0 Å². The highest BCUT2D eigenvalue weighted by Crippen LogP contribution is 2.32. The van der Waals surface area contributed by atoms with Gasteiger partial charge in [0.25, 0.3) is 0 Å². The molecule has 11 heteroatoms. The number of ether oxygens (including phenoxy) is 1. The lowest BCUT2D eigenvalue weighted by atomic mass is 10.0. The molecule has 0 aliphatic carbocycles. The zero-order valence-electron chi connectivity index (χ0n) is 15.0. The van der Waals surface area contributed by atoms with Crippen molar-refractivity contribution in [1.82, 2.24) is 30.5 Å². The Morgan fingerprint density at radius 3 is 2.75 bits per heavy atom. The van der Waals surface area contributed by atoms with Crippen LogP contribution in [0.4, 0.5) is 13.2 Å². The summed E-state index contributed by atoms with van der Waals surface area (Å²) >= 11 is 0. The quantitative estimate of drug-likeness (QED) is 0.813. The number of carbonyl (C=O) groups is 1. The third-order valence-electron chi connectivity index (χ3n) is 5.03. The molecule has 2 aliphatic heterocycles. The molecule has 1 aromatic carbocycles. The highest BCUT2D eigenvalue weighted by Gasteiger charge is 2.41. The van der Waals surface area contributed by atoms with Crippen LogP contribution in [0.5, 0.6) is 5.75 Å². The molecule has 1 aromatic heterocycles. The van der Waals surface area contributed by atoms with Gasteiger partial charge in [0, 0.05) is 18.7 Å². The molecular formula is C17H19F3N6O2. The number of amides is 1. The number of hydrazine groups is 1. The predicted molar refractivity (Wildman–Crippen MR) is 90.9 cm³/mol. The number of nitrogens with zero attached hydrogens (tertiary/aromatic N) is 4. The van der Waals surface area contributed by atoms with E-state index in [9.17, 15) is 18.0 Å². The van der Waals surface area contributed by atoms with Gasteiger partial charge in [-0.15, -0.1) is 10.2 Å². The highest BCUT2D eigenvalue weighted by molar-refractivity contribution is 5.82. The van der Waals surface area contributed by atoms with E-state index >= 15 is 0 Å². The summed E-state index contributed by atoms with van der Waals surface area (Å²) in [5, 5.41) is 6.85. The molecule has 0 radical (unpaired) electrons. The number of hydrogen-bond donors (Lipinski definition) is 2. The van der Waals surface area contributed by atoms with Gasteiger partial charge in [0.15, 0.2) is 5.82 Å². The third kappa shape index (κ3) is 3.31. The first-order valence-corrected chi connectivity index (χ1v) is 8.80. The molecule has 0 saturated carbocycles. The summed E-state index contributed by atoms with van der Waals surface area (Å²) in [5.74, 6) is -0.348. The van der Waals surface area contributed by atoms with E-state index in [-0.39, 0.29) is 37.4 Å². The van der Waals surface area contributed by atoms with Crippen LogP contribution in [-0.2, 0) is 24.1 Å². The van der Waals surface area contributed by atoms with Crippen molar-refractivity contribution in [3.63, 3.8) is 0 Å². The van der Waals surface area contributed by atoms with Crippen molar-refractivity contribution in [3.05, 3.63) is 41.5 Å². The fourth-order valence-corrected chi connectivity index (χ4v) is 3.65. The number of methoxy groups -OCH3 is 1. The lowest BCUT2D eigenvalue weighted by Gasteiger charge is -2.29. The van der Waals surface area contributed by atoms with Gasteiger partial charge in [0.2, 0.25) is 11.7 Å². The monoisotopic (exact) mass is 396 g/mol. The first-order valence-electron chi connectivity index (χ1n) is 8.80. The Balaban J connectivity index is 1.44. The Bertz CT molecular complexity index is 884. The molecular weight excluding hydrogens is 377 g/mol. The van der Waals surface area contributed by atoms with Crippen LogP contribution in [0.25, 0.3) is 0 Å². The Labute approximate surface area is 158 Å². The van der Waals surface area contributed by atoms with Crippen LogP contribution in [0, 0.1) is 0 Å². The van der Waals surface area contributed by atoms with Gasteiger partial charge in [-0.2, -0.15) is 13.2 Å². The smallest absolute Gasteiger partial charge is 0.451 e. The Hall–Kier alpha value is -2.66. The van der Waals surface area contributed by atoms with Crippen molar-refractivity contribution < 1.29 is 22.7 Å². The van der Waals surface area contributed by atoms with E-state index in [4.69, 9.17) is 4.74 Å². The minimum absolute atomic E-state index is 0.000577. The molecule has 3 heterocycles. The summed E-state index contributed by atoms with van der Waals surface area (Å²) in [6.45, 7) is 0.183. The van der Waals surface area contributed by atoms with E-state index in [2.05, 4.69) is 21.0 Å². The van der Waals surface area contributed by atoms with Gasteiger partial charge >= 0.3 is 6.18 Å². The molecule has 1 saturated heterocycles. The van der Waals surface area contributed by atoms with Crippen molar-refractivity contribution in [2.45, 2.75) is 37.8 Å². The van der Waals surface area contributed by atoms with E-state index in [1.54, 1.807) is 7.11 Å². The SMILES string of the molecule is COc1ccccc1C1CC(C(=O)N2CCn3c(nnc3C(F)(F)F)C2)NN1. The van der Waals surface area contributed by atoms with Gasteiger partial charge in [-0.1, -0.05) is 18.2 Å². The summed E-state index contributed by atoms with van der Waals surface area (Å²) in [5.41, 5.74) is 7.02. The molecule has 1 fully saturated rings. The van der Waals surface area contributed by atoms with Crippen LogP contribution in [-0.4, -0.2) is 45.3 Å². The standard InChI is InChI=1S/C17H19F3N6O2/c1-28-13-5-3-2-4-10(13)11-8-12(22-21-11)15(27)25-6-7-26-14(9-25)23-24-16(26)17(18,19)20/h2-5,11-12,21-22H,6-9H2,1H3. The number of fused-ring (bicyclic) bond motifs is 1. The van der Waals surface area contributed by atoms with Crippen molar-refractivity contribution in [1.29, 1.82) is 0 Å². The predicted octanol–water partition coefficient (Wildman–Crippen LogP) is 1.26. The number of rotatable bonds is 3. The molecule has 4 rings (SSSR count). The molecule has 28 heavy (non-hydrogen) atoms. The lowest BCUT2D eigenvalue weighted by Crippen LogP contribution is -2.48. The number of carbonyl (C=O) groups excluding carboxylic acids is 1. The Morgan fingerprint density at radius 2 is 2.00 bits per heavy atom. The first kappa shape index (κ1) is 18.7. The minimum atomic E-state index is -4.56. The van der Waals surface area contributed by atoms with Crippen LogP contribution in [0.1, 0.15) is 29.7 Å². The number of alkyl halides is 3. The van der Waals surface area contributed by atoms with E-state index in [0.29, 0.717) is 6.42 Å². The molecule has 0 bridgehead atoms. The summed E-state index contributed by atoms with van der Waals surface area (Å²) in [4.78, 5) is 14.4. The zero-order valence-corrected chi connectivity index (χ0v) is 15.0. The maximum absolute atomic E-state index is 12.9. The molecule has 150 valence electrons. The molecule has 8 nitrogen and oxygen atoms in total. The molecule has 2 unspecified atom stereocenters. The van der Waals surface area contributed by atoms with E-state index < -0.39 is 18.0 Å². The zero-order chi connectivity index (χ0) is 19.9. The van der Waals surface area contributed by atoms with Crippen molar-refractivity contribution in [2.75, 3.05) is 13.7 Å². The number of benzene rings is 1. The Kier molecular flexibility index (Phi) is 4.71. The molecule has 2 atom stereocenters. The third-order valence-corrected chi connectivity index (χ3v) is 5.03. The van der Waals surface area contributed by atoms with Gasteiger partial charge in [-0.3, -0.25) is 4.79 Å². The van der Waals surface area contributed by atoms with E-state index in [0.717, 1.165) is 15.9 Å². The maximum atomic E-state index is 12.9. The van der Waals surface area contributed by atoms with Crippen LogP contribution in [0.3, 0.4) is 0 Å². The van der Waals surface area contributed by atoms with E-state index in [1.807, 2.05) is 24.3 Å². The average molecular weight is 396 g/mol. The minimum Gasteiger partial charge on any atom is -0.496 e. The van der Waals surface area contributed by atoms with Crippen LogP contribution >= 0.6 is 0 Å². The summed E-state index contributed by atoms with van der Waals surface area (Å²) in [6.07, 6.45) is -4.06. The number of halogens is 3. The average Bonchev–Trinajstić information content (AvgIpc) is 3.33. The second-order valence-electron chi connectivity index (χ2n) is 6.72. The molecule has 2 aromatic rings. The van der Waals surface area contributed by atoms with Crippen LogP contribution in [0.2, 0.25) is 0 Å². The van der Waals surface area contributed by atoms with Crippen molar-refractivity contribution in [3.8, 4) is 5.75 Å².